The van der Waals surface area contributed by atoms with Crippen molar-refractivity contribution in [3.63, 3.8) is 0 Å². The molecule has 0 radical (unpaired) electrons. The molecule has 0 saturated carbocycles. The van der Waals surface area contributed by atoms with E-state index in [1.807, 2.05) is 0 Å². The molecule has 7 heteroatoms. The Morgan fingerprint density at radius 1 is 1.10 bits per heavy atom. The number of benzene rings is 2. The minimum absolute atomic E-state index is 0.175. The van der Waals surface area contributed by atoms with Gasteiger partial charge in [-0.2, -0.15) is 0 Å². The van der Waals surface area contributed by atoms with Crippen LogP contribution in [-0.2, 0) is 10.0 Å². The molecule has 0 bridgehead atoms. The monoisotopic (exact) mass is 374 g/mol. The van der Waals surface area contributed by atoms with Crippen LogP contribution in [0.15, 0.2) is 51.8 Å². The lowest BCUT2D eigenvalue weighted by Crippen LogP contribution is -2.15. The van der Waals surface area contributed by atoms with Crippen LogP contribution in [0.25, 0.3) is 0 Å². The minimum Gasteiger partial charge on any atom is -0.387 e. The molecule has 2 N–H and O–H groups in total. The van der Waals surface area contributed by atoms with Gasteiger partial charge in [0.2, 0.25) is 0 Å². The summed E-state index contributed by atoms with van der Waals surface area (Å²) in [5.41, 5.74) is 0.918. The van der Waals surface area contributed by atoms with Crippen molar-refractivity contribution in [1.29, 1.82) is 0 Å². The molecule has 2 aromatic rings. The molecule has 0 aliphatic rings. The summed E-state index contributed by atoms with van der Waals surface area (Å²) in [5.74, 6) is 0. The Bertz CT molecular complexity index is 735. The molecule has 0 aliphatic heterocycles. The van der Waals surface area contributed by atoms with Crippen LogP contribution in [0.4, 0.5) is 11.4 Å². The zero-order valence-corrected chi connectivity index (χ0v) is 13.7. The van der Waals surface area contributed by atoms with Crippen molar-refractivity contribution in [2.45, 2.75) is 4.90 Å². The molecule has 0 spiro atoms. The predicted octanol–water partition coefficient (Wildman–Crippen LogP) is 3.95. The molecule has 0 unspecified atom stereocenters. The Balaban J connectivity index is 2.43. The quantitative estimate of drug-likeness (QED) is 0.851. The Morgan fingerprint density at radius 2 is 1.80 bits per heavy atom. The summed E-state index contributed by atoms with van der Waals surface area (Å²) < 4.78 is 28.0. The maximum Gasteiger partial charge on any atom is 0.263 e. The van der Waals surface area contributed by atoms with Gasteiger partial charge in [-0.15, -0.1) is 0 Å². The van der Waals surface area contributed by atoms with Gasteiger partial charge in [-0.1, -0.05) is 23.7 Å². The lowest BCUT2D eigenvalue weighted by molar-refractivity contribution is 0.601. The van der Waals surface area contributed by atoms with Gasteiger partial charge in [0.25, 0.3) is 10.0 Å². The van der Waals surface area contributed by atoms with Crippen LogP contribution < -0.4 is 10.0 Å². The molecule has 2 rings (SSSR count). The van der Waals surface area contributed by atoms with Gasteiger partial charge in [0.1, 0.15) is 4.90 Å². The second-order valence-corrected chi connectivity index (χ2v) is 6.92. The standard InChI is InChI=1S/C13H12BrClN2O2S/c1-16-11-4-2-3-5-13(11)20(18,19)17-12-8-9(15)6-7-10(12)14/h2-8,16-17H,1H3. The first-order chi connectivity index (χ1) is 9.44. The van der Waals surface area contributed by atoms with Crippen molar-refractivity contribution in [1.82, 2.24) is 0 Å². The third-order valence-electron chi connectivity index (χ3n) is 2.62. The number of nitrogens with one attached hydrogen (secondary N) is 2. The summed E-state index contributed by atoms with van der Waals surface area (Å²) in [6, 6.07) is 11.6. The molecule has 0 aliphatic carbocycles. The van der Waals surface area contributed by atoms with Crippen molar-refractivity contribution in [2.24, 2.45) is 0 Å². The molecule has 2 aromatic carbocycles. The van der Waals surface area contributed by atoms with E-state index >= 15 is 0 Å². The molecule has 106 valence electrons. The van der Waals surface area contributed by atoms with Crippen LogP contribution in [0.3, 0.4) is 0 Å². The molecule has 0 aromatic heterocycles. The Hall–Kier alpha value is -1.24. The molecular formula is C13H12BrClN2O2S. The summed E-state index contributed by atoms with van der Waals surface area (Å²) in [7, 11) is -2.03. The minimum atomic E-state index is -3.70. The first kappa shape index (κ1) is 15.2. The molecule has 0 fully saturated rings. The van der Waals surface area contributed by atoms with Crippen LogP contribution >= 0.6 is 27.5 Å². The SMILES string of the molecule is CNc1ccccc1S(=O)(=O)Nc1cc(Cl)ccc1Br. The predicted molar refractivity (Wildman–Crippen MR) is 85.9 cm³/mol. The molecule has 0 atom stereocenters. The lowest BCUT2D eigenvalue weighted by atomic mass is 10.3. The van der Waals surface area contributed by atoms with E-state index in [1.165, 1.54) is 6.07 Å². The first-order valence-corrected chi connectivity index (χ1v) is 8.34. The summed E-state index contributed by atoms with van der Waals surface area (Å²) >= 11 is 9.17. The molecule has 0 heterocycles. The summed E-state index contributed by atoms with van der Waals surface area (Å²) in [4.78, 5) is 0.175. The van der Waals surface area contributed by atoms with Crippen LogP contribution in [-0.4, -0.2) is 15.5 Å². The van der Waals surface area contributed by atoms with Gasteiger partial charge in [0, 0.05) is 16.5 Å². The molecule has 4 nitrogen and oxygen atoms in total. The molecule has 20 heavy (non-hydrogen) atoms. The van der Waals surface area contributed by atoms with Crippen LogP contribution in [0.5, 0.6) is 0 Å². The fraction of sp³-hybridized carbons (Fsp3) is 0.0769. The highest BCUT2D eigenvalue weighted by atomic mass is 79.9. The second-order valence-electron chi connectivity index (χ2n) is 3.98. The summed E-state index contributed by atoms with van der Waals surface area (Å²) in [5, 5.41) is 3.31. The van der Waals surface area contributed by atoms with Gasteiger partial charge < -0.3 is 5.32 Å². The highest BCUT2D eigenvalue weighted by Gasteiger charge is 2.19. The van der Waals surface area contributed by atoms with Gasteiger partial charge in [-0.3, -0.25) is 4.72 Å². The summed E-state index contributed by atoms with van der Waals surface area (Å²) in [6.07, 6.45) is 0. The average Bonchev–Trinajstić information content (AvgIpc) is 2.42. The van der Waals surface area contributed by atoms with E-state index in [-0.39, 0.29) is 4.90 Å². The maximum atomic E-state index is 12.4. The third-order valence-corrected chi connectivity index (χ3v) is 4.97. The molecule has 0 amide bonds. The normalized spacial score (nSPS) is 11.2. The number of sulfonamides is 1. The Morgan fingerprint density at radius 3 is 2.50 bits per heavy atom. The highest BCUT2D eigenvalue weighted by molar-refractivity contribution is 9.10. The van der Waals surface area contributed by atoms with E-state index in [2.05, 4.69) is 26.0 Å². The van der Waals surface area contributed by atoms with Gasteiger partial charge >= 0.3 is 0 Å². The van der Waals surface area contributed by atoms with E-state index in [4.69, 9.17) is 11.6 Å². The Labute approximate surface area is 131 Å². The summed E-state index contributed by atoms with van der Waals surface area (Å²) in [6.45, 7) is 0. The van der Waals surface area contributed by atoms with Crippen molar-refractivity contribution < 1.29 is 8.42 Å². The van der Waals surface area contributed by atoms with Crippen molar-refractivity contribution >= 4 is 48.9 Å². The Kier molecular flexibility index (Phi) is 4.57. The third kappa shape index (κ3) is 3.26. The molecular weight excluding hydrogens is 364 g/mol. The van der Waals surface area contributed by atoms with Crippen LogP contribution in [0.2, 0.25) is 5.02 Å². The largest absolute Gasteiger partial charge is 0.387 e. The van der Waals surface area contributed by atoms with Gasteiger partial charge in [-0.05, 0) is 46.3 Å². The fourth-order valence-corrected chi connectivity index (χ4v) is 3.62. The number of para-hydroxylation sites is 1. The van der Waals surface area contributed by atoms with Gasteiger partial charge in [0.05, 0.1) is 11.4 Å². The number of anilines is 2. The smallest absolute Gasteiger partial charge is 0.263 e. The topological polar surface area (TPSA) is 58.2 Å². The fourth-order valence-electron chi connectivity index (χ4n) is 1.68. The highest BCUT2D eigenvalue weighted by Crippen LogP contribution is 2.29. The zero-order valence-electron chi connectivity index (χ0n) is 10.5. The number of rotatable bonds is 4. The van der Waals surface area contributed by atoms with Crippen LogP contribution in [0.1, 0.15) is 0 Å². The van der Waals surface area contributed by atoms with Gasteiger partial charge in [0.15, 0.2) is 0 Å². The van der Waals surface area contributed by atoms with E-state index in [9.17, 15) is 8.42 Å². The van der Waals surface area contributed by atoms with E-state index in [0.29, 0.717) is 20.9 Å². The van der Waals surface area contributed by atoms with Crippen LogP contribution in [0, 0.1) is 0 Å². The average molecular weight is 376 g/mol. The number of halogens is 2. The lowest BCUT2D eigenvalue weighted by Gasteiger charge is -2.13. The first-order valence-electron chi connectivity index (χ1n) is 5.68. The second kappa shape index (κ2) is 6.03. The van der Waals surface area contributed by atoms with Crippen molar-refractivity contribution in [2.75, 3.05) is 17.1 Å². The van der Waals surface area contributed by atoms with E-state index < -0.39 is 10.0 Å². The number of hydrogen-bond acceptors (Lipinski definition) is 3. The maximum absolute atomic E-state index is 12.4. The van der Waals surface area contributed by atoms with E-state index in [1.54, 1.807) is 43.4 Å². The van der Waals surface area contributed by atoms with Crippen molar-refractivity contribution in [3.8, 4) is 0 Å². The molecule has 0 saturated heterocycles. The van der Waals surface area contributed by atoms with Crippen molar-refractivity contribution in [3.05, 3.63) is 52.0 Å². The van der Waals surface area contributed by atoms with Gasteiger partial charge in [-0.25, -0.2) is 8.42 Å². The zero-order chi connectivity index (χ0) is 14.8. The van der Waals surface area contributed by atoms with E-state index in [0.717, 1.165) is 0 Å². The number of hydrogen-bond donors (Lipinski definition) is 2.